The molecule has 0 saturated carbocycles. The Morgan fingerprint density at radius 3 is 2.79 bits per heavy atom. The normalized spacial score (nSPS) is 10.8. The summed E-state index contributed by atoms with van der Waals surface area (Å²) < 4.78 is 10.7. The largest absolute Gasteiger partial charge is 0.462 e. The van der Waals surface area contributed by atoms with Gasteiger partial charge in [-0.1, -0.05) is 23.7 Å². The summed E-state index contributed by atoms with van der Waals surface area (Å²) in [6.07, 6.45) is 1.48. The van der Waals surface area contributed by atoms with Crippen molar-refractivity contribution in [3.63, 3.8) is 0 Å². The predicted octanol–water partition coefficient (Wildman–Crippen LogP) is 5.25. The van der Waals surface area contributed by atoms with Crippen LogP contribution in [0.15, 0.2) is 60.8 Å². The Labute approximate surface area is 166 Å². The number of halogens is 1. The molecule has 0 fully saturated rings. The minimum Gasteiger partial charge on any atom is -0.462 e. The van der Waals surface area contributed by atoms with Crippen molar-refractivity contribution in [1.29, 1.82) is 0 Å². The molecule has 0 unspecified atom stereocenters. The second-order valence-electron chi connectivity index (χ2n) is 5.95. The molecule has 7 heteroatoms. The quantitative estimate of drug-likeness (QED) is 0.469. The van der Waals surface area contributed by atoms with Crippen molar-refractivity contribution in [3.05, 3.63) is 71.4 Å². The highest BCUT2D eigenvalue weighted by molar-refractivity contribution is 6.32. The van der Waals surface area contributed by atoms with E-state index in [4.69, 9.17) is 21.1 Å². The maximum atomic E-state index is 11.8. The number of aromatic nitrogens is 3. The van der Waals surface area contributed by atoms with E-state index in [2.05, 4.69) is 15.0 Å². The number of nitrogens with one attached hydrogen (secondary N) is 1. The molecule has 4 rings (SSSR count). The van der Waals surface area contributed by atoms with E-state index in [1.165, 1.54) is 12.3 Å². The number of imidazole rings is 1. The average molecular weight is 394 g/mol. The minimum absolute atomic E-state index is 0.254. The molecule has 0 aliphatic rings. The Morgan fingerprint density at radius 2 is 2.00 bits per heavy atom. The summed E-state index contributed by atoms with van der Waals surface area (Å²) in [5.74, 6) is 0.970. The van der Waals surface area contributed by atoms with Crippen LogP contribution < -0.4 is 4.74 Å². The monoisotopic (exact) mass is 393 g/mol. The number of ether oxygens (including phenoxy) is 2. The molecule has 0 aliphatic heterocycles. The number of nitrogens with zero attached hydrogens (tertiary/aromatic N) is 2. The number of hydrogen-bond acceptors (Lipinski definition) is 5. The summed E-state index contributed by atoms with van der Waals surface area (Å²) in [4.78, 5) is 23.8. The van der Waals surface area contributed by atoms with Crippen LogP contribution in [0.25, 0.3) is 22.4 Å². The lowest BCUT2D eigenvalue weighted by Gasteiger charge is -2.09. The number of H-pyrrole nitrogens is 1. The molecular weight excluding hydrogens is 378 g/mol. The van der Waals surface area contributed by atoms with E-state index in [0.717, 1.165) is 22.4 Å². The van der Waals surface area contributed by atoms with Gasteiger partial charge in [0.1, 0.15) is 11.6 Å². The molecule has 140 valence electrons. The maximum Gasteiger partial charge on any atom is 0.338 e. The molecule has 4 aromatic rings. The van der Waals surface area contributed by atoms with Crippen LogP contribution in [0.5, 0.6) is 11.6 Å². The van der Waals surface area contributed by atoms with Gasteiger partial charge in [0.25, 0.3) is 0 Å². The third kappa shape index (κ3) is 3.68. The summed E-state index contributed by atoms with van der Waals surface area (Å²) in [6, 6.07) is 16.2. The van der Waals surface area contributed by atoms with Gasteiger partial charge in [-0.3, -0.25) is 0 Å². The molecule has 0 aliphatic carbocycles. The van der Waals surface area contributed by atoms with Gasteiger partial charge in [-0.25, -0.2) is 14.8 Å². The summed E-state index contributed by atoms with van der Waals surface area (Å²) in [5, 5.41) is 0.404. The first-order valence-corrected chi connectivity index (χ1v) is 9.07. The lowest BCUT2D eigenvalue weighted by atomic mass is 10.2. The number of pyridine rings is 1. The van der Waals surface area contributed by atoms with Crippen LogP contribution in [-0.4, -0.2) is 27.5 Å². The molecule has 2 aromatic heterocycles. The first kappa shape index (κ1) is 18.0. The molecule has 0 saturated heterocycles. The number of esters is 1. The lowest BCUT2D eigenvalue weighted by molar-refractivity contribution is 0.0526. The SMILES string of the molecule is CCOC(=O)c1ccnc(Oc2ccc(-c3nc4ccccc4[nH]3)cc2Cl)c1. The van der Waals surface area contributed by atoms with Gasteiger partial charge in [-0.05, 0) is 43.3 Å². The van der Waals surface area contributed by atoms with E-state index >= 15 is 0 Å². The van der Waals surface area contributed by atoms with Crippen molar-refractivity contribution in [1.82, 2.24) is 15.0 Å². The predicted molar refractivity (Wildman–Crippen MR) is 107 cm³/mol. The molecule has 2 heterocycles. The van der Waals surface area contributed by atoms with Gasteiger partial charge in [0, 0.05) is 17.8 Å². The molecule has 2 aromatic carbocycles. The molecule has 28 heavy (non-hydrogen) atoms. The van der Waals surface area contributed by atoms with Gasteiger partial charge in [-0.2, -0.15) is 0 Å². The average Bonchev–Trinajstić information content (AvgIpc) is 3.14. The number of benzene rings is 2. The Hall–Kier alpha value is -3.38. The van der Waals surface area contributed by atoms with Gasteiger partial charge in [0.15, 0.2) is 0 Å². The number of rotatable bonds is 5. The van der Waals surface area contributed by atoms with Crippen molar-refractivity contribution < 1.29 is 14.3 Å². The summed E-state index contributed by atoms with van der Waals surface area (Å²) in [5.41, 5.74) is 3.03. The summed E-state index contributed by atoms with van der Waals surface area (Å²) >= 11 is 6.39. The van der Waals surface area contributed by atoms with Crippen LogP contribution >= 0.6 is 11.6 Å². The van der Waals surface area contributed by atoms with Crippen molar-refractivity contribution in [2.75, 3.05) is 6.61 Å². The highest BCUT2D eigenvalue weighted by Crippen LogP contribution is 2.32. The van der Waals surface area contributed by atoms with Crippen LogP contribution in [0.2, 0.25) is 5.02 Å². The van der Waals surface area contributed by atoms with Crippen molar-refractivity contribution >= 4 is 28.6 Å². The molecule has 0 bridgehead atoms. The number of hydrogen-bond donors (Lipinski definition) is 1. The highest BCUT2D eigenvalue weighted by atomic mass is 35.5. The van der Waals surface area contributed by atoms with Crippen LogP contribution in [0, 0.1) is 0 Å². The number of para-hydroxylation sites is 2. The van der Waals surface area contributed by atoms with Crippen molar-refractivity contribution in [2.45, 2.75) is 6.92 Å². The molecule has 1 N–H and O–H groups in total. The second-order valence-corrected chi connectivity index (χ2v) is 6.36. The van der Waals surface area contributed by atoms with Crippen LogP contribution in [0.3, 0.4) is 0 Å². The number of carbonyl (C=O) groups excluding carboxylic acids is 1. The second kappa shape index (κ2) is 7.70. The molecule has 0 radical (unpaired) electrons. The molecular formula is C21H16ClN3O3. The number of carbonyl (C=O) groups is 1. The third-order valence-corrected chi connectivity index (χ3v) is 4.35. The minimum atomic E-state index is -0.430. The van der Waals surface area contributed by atoms with Gasteiger partial charge in [0.2, 0.25) is 5.88 Å². The van der Waals surface area contributed by atoms with E-state index in [-0.39, 0.29) is 5.88 Å². The molecule has 0 spiro atoms. The fraction of sp³-hybridized carbons (Fsp3) is 0.0952. The van der Waals surface area contributed by atoms with E-state index in [1.807, 2.05) is 30.3 Å². The summed E-state index contributed by atoms with van der Waals surface area (Å²) in [7, 11) is 0. The number of aromatic amines is 1. The summed E-state index contributed by atoms with van der Waals surface area (Å²) in [6.45, 7) is 2.05. The zero-order valence-corrected chi connectivity index (χ0v) is 15.7. The van der Waals surface area contributed by atoms with Gasteiger partial charge in [-0.15, -0.1) is 0 Å². The fourth-order valence-corrected chi connectivity index (χ4v) is 2.96. The van der Waals surface area contributed by atoms with Crippen LogP contribution in [-0.2, 0) is 4.74 Å². The molecule has 0 amide bonds. The Bertz CT molecular complexity index is 1120. The van der Waals surface area contributed by atoms with Crippen LogP contribution in [0.4, 0.5) is 0 Å². The zero-order chi connectivity index (χ0) is 19.5. The van der Waals surface area contributed by atoms with E-state index in [1.54, 1.807) is 25.1 Å². The Kier molecular flexibility index (Phi) is 4.95. The van der Waals surface area contributed by atoms with Crippen molar-refractivity contribution in [2.24, 2.45) is 0 Å². The lowest BCUT2D eigenvalue weighted by Crippen LogP contribution is -2.05. The first-order chi connectivity index (χ1) is 13.6. The first-order valence-electron chi connectivity index (χ1n) is 8.70. The van der Waals surface area contributed by atoms with Crippen molar-refractivity contribution in [3.8, 4) is 23.0 Å². The van der Waals surface area contributed by atoms with Gasteiger partial charge >= 0.3 is 5.97 Å². The third-order valence-electron chi connectivity index (χ3n) is 4.06. The Morgan fingerprint density at radius 1 is 1.14 bits per heavy atom. The van der Waals surface area contributed by atoms with Crippen LogP contribution in [0.1, 0.15) is 17.3 Å². The smallest absolute Gasteiger partial charge is 0.338 e. The molecule has 0 atom stereocenters. The number of fused-ring (bicyclic) bond motifs is 1. The van der Waals surface area contributed by atoms with E-state index < -0.39 is 5.97 Å². The standard InChI is InChI=1S/C21H16ClN3O3/c1-2-27-21(26)14-9-10-23-19(12-14)28-18-8-7-13(11-15(18)22)20-24-16-5-3-4-6-17(16)25-20/h3-12H,2H2,1H3,(H,24,25). The van der Waals surface area contributed by atoms with E-state index in [0.29, 0.717) is 22.9 Å². The van der Waals surface area contributed by atoms with Gasteiger partial charge < -0.3 is 14.5 Å². The molecule has 6 nitrogen and oxygen atoms in total. The topological polar surface area (TPSA) is 77.1 Å². The fourth-order valence-electron chi connectivity index (χ4n) is 2.74. The zero-order valence-electron chi connectivity index (χ0n) is 15.0. The highest BCUT2D eigenvalue weighted by Gasteiger charge is 2.12. The van der Waals surface area contributed by atoms with E-state index in [9.17, 15) is 4.79 Å². The maximum absolute atomic E-state index is 11.8. The Balaban J connectivity index is 1.58. The van der Waals surface area contributed by atoms with Gasteiger partial charge in [0.05, 0.1) is 28.2 Å².